The van der Waals surface area contributed by atoms with E-state index < -0.39 is 11.2 Å². The van der Waals surface area contributed by atoms with Crippen molar-refractivity contribution < 1.29 is 4.52 Å². The van der Waals surface area contributed by atoms with Gasteiger partial charge >= 0.3 is 5.69 Å². The number of H-pyrrole nitrogens is 1. The van der Waals surface area contributed by atoms with Crippen molar-refractivity contribution in [2.45, 2.75) is 19.9 Å². The Kier molecular flexibility index (Phi) is 3.23. The Labute approximate surface area is 104 Å². The van der Waals surface area contributed by atoms with Crippen molar-refractivity contribution in [3.05, 3.63) is 43.2 Å². The fraction of sp³-hybridized carbons (Fsp3) is 0.333. The van der Waals surface area contributed by atoms with Crippen LogP contribution in [0.4, 0.5) is 0 Å². The number of hydrogen-bond acceptors (Lipinski definition) is 5. The van der Waals surface area contributed by atoms with Crippen LogP contribution in [0.3, 0.4) is 0 Å². The highest BCUT2D eigenvalue weighted by atomic mass is 79.9. The highest BCUT2D eigenvalue weighted by molar-refractivity contribution is 9.10. The maximum Gasteiger partial charge on any atom is 0.328 e. The molecule has 0 spiro atoms. The van der Waals surface area contributed by atoms with E-state index in [1.54, 1.807) is 0 Å². The third kappa shape index (κ3) is 2.52. The fourth-order valence-corrected chi connectivity index (χ4v) is 1.60. The maximum atomic E-state index is 11.5. The molecule has 0 radical (unpaired) electrons. The van der Waals surface area contributed by atoms with Gasteiger partial charge in [-0.3, -0.25) is 14.3 Å². The Morgan fingerprint density at radius 1 is 1.53 bits per heavy atom. The largest absolute Gasteiger partial charge is 0.339 e. The van der Waals surface area contributed by atoms with Gasteiger partial charge in [0.05, 0.1) is 11.0 Å². The first-order valence-electron chi connectivity index (χ1n) is 4.91. The van der Waals surface area contributed by atoms with Crippen LogP contribution < -0.4 is 11.2 Å². The van der Waals surface area contributed by atoms with Crippen molar-refractivity contribution in [1.82, 2.24) is 19.7 Å². The van der Waals surface area contributed by atoms with Crippen molar-refractivity contribution in [3.63, 3.8) is 0 Å². The molecule has 0 aliphatic heterocycles. The summed E-state index contributed by atoms with van der Waals surface area (Å²) in [6.07, 6.45) is 2.03. The topological polar surface area (TPSA) is 93.8 Å². The molecule has 17 heavy (non-hydrogen) atoms. The second-order valence-electron chi connectivity index (χ2n) is 3.32. The lowest BCUT2D eigenvalue weighted by atomic mass is 10.5. The first-order valence-corrected chi connectivity index (χ1v) is 5.70. The Balaban J connectivity index is 2.33. The second kappa shape index (κ2) is 4.66. The first kappa shape index (κ1) is 11.8. The molecule has 0 amide bonds. The predicted octanol–water partition coefficient (Wildman–Crippen LogP) is 0.293. The van der Waals surface area contributed by atoms with E-state index >= 15 is 0 Å². The molecular formula is C9H9BrN4O3. The van der Waals surface area contributed by atoms with Gasteiger partial charge in [-0.1, -0.05) is 12.1 Å². The molecule has 0 fully saturated rings. The molecule has 0 aromatic carbocycles. The number of aromatic amines is 1. The van der Waals surface area contributed by atoms with Crippen LogP contribution in [0, 0.1) is 0 Å². The molecule has 2 aromatic heterocycles. The van der Waals surface area contributed by atoms with E-state index in [2.05, 4.69) is 31.1 Å². The average molecular weight is 301 g/mol. The van der Waals surface area contributed by atoms with E-state index in [4.69, 9.17) is 4.52 Å². The minimum atomic E-state index is -0.513. The van der Waals surface area contributed by atoms with Crippen molar-refractivity contribution >= 4 is 15.9 Å². The predicted molar refractivity (Wildman–Crippen MR) is 61.8 cm³/mol. The van der Waals surface area contributed by atoms with Crippen LogP contribution in [-0.4, -0.2) is 19.7 Å². The lowest BCUT2D eigenvalue weighted by Gasteiger charge is -2.00. The van der Waals surface area contributed by atoms with Gasteiger partial charge in [-0.15, -0.1) is 0 Å². The van der Waals surface area contributed by atoms with Crippen molar-refractivity contribution in [1.29, 1.82) is 0 Å². The molecule has 2 aromatic rings. The quantitative estimate of drug-likeness (QED) is 0.879. The zero-order chi connectivity index (χ0) is 12.4. The van der Waals surface area contributed by atoms with E-state index in [-0.39, 0.29) is 11.0 Å². The molecule has 90 valence electrons. The summed E-state index contributed by atoms with van der Waals surface area (Å²) in [4.78, 5) is 28.8. The van der Waals surface area contributed by atoms with Crippen molar-refractivity contribution in [2.24, 2.45) is 0 Å². The van der Waals surface area contributed by atoms with Crippen molar-refractivity contribution in [2.75, 3.05) is 0 Å². The zero-order valence-electron chi connectivity index (χ0n) is 8.94. The van der Waals surface area contributed by atoms with Gasteiger partial charge in [-0.2, -0.15) is 4.98 Å². The van der Waals surface area contributed by atoms with Gasteiger partial charge in [0.15, 0.2) is 5.82 Å². The van der Waals surface area contributed by atoms with Crippen LogP contribution in [0.25, 0.3) is 0 Å². The highest BCUT2D eigenvalue weighted by Gasteiger charge is 2.08. The number of hydrogen-bond donors (Lipinski definition) is 1. The number of nitrogens with zero attached hydrogens (tertiary/aromatic N) is 3. The number of aromatic nitrogens is 4. The minimum Gasteiger partial charge on any atom is -0.339 e. The maximum absolute atomic E-state index is 11.5. The highest BCUT2D eigenvalue weighted by Crippen LogP contribution is 2.02. The van der Waals surface area contributed by atoms with Crippen LogP contribution in [0.1, 0.15) is 18.6 Å². The van der Waals surface area contributed by atoms with Gasteiger partial charge in [0.25, 0.3) is 5.56 Å². The Morgan fingerprint density at radius 3 is 2.94 bits per heavy atom. The minimum absolute atomic E-state index is 0.151. The van der Waals surface area contributed by atoms with Crippen LogP contribution in [0.2, 0.25) is 0 Å². The van der Waals surface area contributed by atoms with Gasteiger partial charge in [0.1, 0.15) is 0 Å². The molecule has 0 aliphatic rings. The van der Waals surface area contributed by atoms with Gasteiger partial charge in [-0.05, 0) is 15.9 Å². The Bertz CT molecular complexity index is 642. The lowest BCUT2D eigenvalue weighted by Crippen LogP contribution is -2.30. The smallest absolute Gasteiger partial charge is 0.328 e. The summed E-state index contributed by atoms with van der Waals surface area (Å²) in [5.41, 5.74) is -0.977. The van der Waals surface area contributed by atoms with E-state index in [9.17, 15) is 9.59 Å². The van der Waals surface area contributed by atoms with Gasteiger partial charge in [0.2, 0.25) is 5.89 Å². The molecule has 2 rings (SSSR count). The Hall–Kier alpha value is -1.70. The molecule has 0 bridgehead atoms. The van der Waals surface area contributed by atoms with Crippen LogP contribution >= 0.6 is 15.9 Å². The summed E-state index contributed by atoms with van der Waals surface area (Å²) >= 11 is 3.04. The molecular weight excluding hydrogens is 292 g/mol. The molecule has 2 heterocycles. The van der Waals surface area contributed by atoms with E-state index in [1.165, 1.54) is 10.8 Å². The molecule has 0 aliphatic carbocycles. The number of aryl methyl sites for hydroxylation is 1. The third-order valence-electron chi connectivity index (χ3n) is 2.09. The summed E-state index contributed by atoms with van der Waals surface area (Å²) in [5, 5.41) is 3.72. The summed E-state index contributed by atoms with van der Waals surface area (Å²) in [6.45, 7) is 2.04. The number of halogens is 1. The first-order chi connectivity index (χ1) is 8.10. The van der Waals surface area contributed by atoms with E-state index in [0.717, 1.165) is 0 Å². The number of rotatable bonds is 3. The number of nitrogens with one attached hydrogen (secondary N) is 1. The summed E-state index contributed by atoms with van der Waals surface area (Å²) in [6, 6.07) is 0. The summed E-state index contributed by atoms with van der Waals surface area (Å²) in [5.74, 6) is 0.902. The SMILES string of the molecule is CCc1nc(Cn2cc(Br)c(=O)[nH]c2=O)no1. The summed E-state index contributed by atoms with van der Waals surface area (Å²) < 4.78 is 6.48. The van der Waals surface area contributed by atoms with Crippen LogP contribution in [-0.2, 0) is 13.0 Å². The van der Waals surface area contributed by atoms with Gasteiger partial charge in [0, 0.05) is 12.6 Å². The van der Waals surface area contributed by atoms with Gasteiger partial charge < -0.3 is 4.52 Å². The molecule has 8 heteroatoms. The monoisotopic (exact) mass is 300 g/mol. The second-order valence-corrected chi connectivity index (χ2v) is 4.18. The molecule has 0 unspecified atom stereocenters. The third-order valence-corrected chi connectivity index (χ3v) is 2.66. The zero-order valence-corrected chi connectivity index (χ0v) is 10.5. The van der Waals surface area contributed by atoms with Crippen LogP contribution in [0.15, 0.2) is 24.8 Å². The van der Waals surface area contributed by atoms with E-state index in [1.807, 2.05) is 6.92 Å². The molecule has 0 saturated carbocycles. The normalized spacial score (nSPS) is 10.7. The van der Waals surface area contributed by atoms with E-state index in [0.29, 0.717) is 18.1 Å². The standard InChI is InChI=1S/C9H9BrN4O3/c1-2-7-11-6(13-17-7)4-14-3-5(10)8(15)12-9(14)16/h3H,2,4H2,1H3,(H,12,15,16). The molecule has 1 N–H and O–H groups in total. The fourth-order valence-electron chi connectivity index (χ4n) is 1.25. The molecule has 7 nitrogen and oxygen atoms in total. The molecule has 0 saturated heterocycles. The van der Waals surface area contributed by atoms with Crippen molar-refractivity contribution in [3.8, 4) is 0 Å². The Morgan fingerprint density at radius 2 is 2.29 bits per heavy atom. The molecule has 0 atom stereocenters. The average Bonchev–Trinajstić information content (AvgIpc) is 2.73. The van der Waals surface area contributed by atoms with Gasteiger partial charge in [-0.25, -0.2) is 4.79 Å². The summed E-state index contributed by atoms with van der Waals surface area (Å²) in [7, 11) is 0. The lowest BCUT2D eigenvalue weighted by molar-refractivity contribution is 0.375. The van der Waals surface area contributed by atoms with Crippen LogP contribution in [0.5, 0.6) is 0 Å².